The van der Waals surface area contributed by atoms with Gasteiger partial charge >= 0.3 is 5.97 Å². The lowest BCUT2D eigenvalue weighted by Crippen LogP contribution is -2.03. The van der Waals surface area contributed by atoms with E-state index in [-0.39, 0.29) is 4.90 Å². The Balaban J connectivity index is 2.54. The summed E-state index contributed by atoms with van der Waals surface area (Å²) in [6.07, 6.45) is 1.38. The Hall–Kier alpha value is -2.49. The number of nitro benzene ring substituents is 1. The zero-order chi connectivity index (χ0) is 14.9. The summed E-state index contributed by atoms with van der Waals surface area (Å²) in [6.45, 7) is 0. The van der Waals surface area contributed by atoms with Crippen LogP contribution in [-0.4, -0.2) is 30.8 Å². The van der Waals surface area contributed by atoms with Gasteiger partial charge in [0.25, 0.3) is 5.69 Å². The molecule has 0 unspecified atom stereocenters. The summed E-state index contributed by atoms with van der Waals surface area (Å²) in [5.41, 5.74) is -1.17. The molecule has 0 bridgehead atoms. The highest BCUT2D eigenvalue weighted by Gasteiger charge is 2.23. The zero-order valence-electron chi connectivity index (χ0n) is 9.98. The molecule has 0 fully saturated rings. The molecular formula is C10H7FN4O4S. The smallest absolute Gasteiger partial charge is 0.338 e. The number of benzene rings is 1. The molecule has 10 heteroatoms. The van der Waals surface area contributed by atoms with Gasteiger partial charge in [0.1, 0.15) is 12.1 Å². The normalized spacial score (nSPS) is 10.5. The molecule has 0 saturated carbocycles. The van der Waals surface area contributed by atoms with Gasteiger partial charge < -0.3 is 9.67 Å². The number of carbonyl (C=O) groups is 1. The molecule has 0 saturated heterocycles. The molecular weight excluding hydrogens is 291 g/mol. The topological polar surface area (TPSA) is 111 Å². The molecule has 0 atom stereocenters. The SMILES string of the molecule is Cn1cnnc1Sc1cc(C(=O)O)c(F)cc1[N+](=O)[O-]. The first-order chi connectivity index (χ1) is 9.40. The Morgan fingerprint density at radius 2 is 2.25 bits per heavy atom. The van der Waals surface area contributed by atoms with E-state index in [4.69, 9.17) is 5.11 Å². The van der Waals surface area contributed by atoms with Crippen molar-refractivity contribution in [2.45, 2.75) is 10.1 Å². The van der Waals surface area contributed by atoms with E-state index in [2.05, 4.69) is 10.2 Å². The van der Waals surface area contributed by atoms with Gasteiger partial charge in [0.05, 0.1) is 21.4 Å². The highest BCUT2D eigenvalue weighted by Crippen LogP contribution is 2.35. The highest BCUT2D eigenvalue weighted by atomic mass is 32.2. The fourth-order valence-corrected chi connectivity index (χ4v) is 2.29. The van der Waals surface area contributed by atoms with E-state index in [0.29, 0.717) is 11.2 Å². The summed E-state index contributed by atoms with van der Waals surface area (Å²) >= 11 is 0.834. The van der Waals surface area contributed by atoms with E-state index in [1.807, 2.05) is 0 Å². The van der Waals surface area contributed by atoms with Gasteiger partial charge in [-0.2, -0.15) is 0 Å². The van der Waals surface area contributed by atoms with Crippen LogP contribution in [0.25, 0.3) is 0 Å². The molecule has 1 N–H and O–H groups in total. The lowest BCUT2D eigenvalue weighted by atomic mass is 10.2. The molecule has 20 heavy (non-hydrogen) atoms. The molecule has 0 spiro atoms. The molecule has 104 valence electrons. The second-order valence-corrected chi connectivity index (χ2v) is 4.70. The molecule has 0 aliphatic heterocycles. The number of carboxylic acid groups (broad SMARTS) is 1. The summed E-state index contributed by atoms with van der Waals surface area (Å²) in [5, 5.41) is 27.4. The number of aromatic carboxylic acids is 1. The number of nitro groups is 1. The zero-order valence-corrected chi connectivity index (χ0v) is 10.8. The molecule has 0 aliphatic carbocycles. The minimum absolute atomic E-state index is 0.0232. The van der Waals surface area contributed by atoms with Crippen molar-refractivity contribution in [1.82, 2.24) is 14.8 Å². The van der Waals surface area contributed by atoms with E-state index < -0.39 is 28.0 Å². The predicted octanol–water partition coefficient (Wildman–Crippen LogP) is 1.71. The third kappa shape index (κ3) is 2.59. The molecule has 8 nitrogen and oxygen atoms in total. The van der Waals surface area contributed by atoms with Crippen LogP contribution in [0.1, 0.15) is 10.4 Å². The van der Waals surface area contributed by atoms with Crippen molar-refractivity contribution in [1.29, 1.82) is 0 Å². The fraction of sp³-hybridized carbons (Fsp3) is 0.100. The van der Waals surface area contributed by atoms with Crippen molar-refractivity contribution in [3.63, 3.8) is 0 Å². The number of carboxylic acids is 1. The van der Waals surface area contributed by atoms with E-state index >= 15 is 0 Å². The maximum Gasteiger partial charge on any atom is 0.338 e. The molecule has 0 radical (unpaired) electrons. The van der Waals surface area contributed by atoms with E-state index in [0.717, 1.165) is 17.8 Å². The number of rotatable bonds is 4. The van der Waals surface area contributed by atoms with Crippen molar-refractivity contribution >= 4 is 23.4 Å². The summed E-state index contributed by atoms with van der Waals surface area (Å²) in [4.78, 5) is 21.0. The third-order valence-corrected chi connectivity index (χ3v) is 3.45. The summed E-state index contributed by atoms with van der Waals surface area (Å²) in [7, 11) is 1.62. The number of halogens is 1. The van der Waals surface area contributed by atoms with Crippen molar-refractivity contribution in [3.05, 3.63) is 40.0 Å². The van der Waals surface area contributed by atoms with Gasteiger partial charge in [-0.15, -0.1) is 10.2 Å². The van der Waals surface area contributed by atoms with E-state index in [1.54, 1.807) is 7.05 Å². The van der Waals surface area contributed by atoms with Crippen LogP contribution in [0.2, 0.25) is 0 Å². The number of hydrogen-bond acceptors (Lipinski definition) is 6. The first-order valence-electron chi connectivity index (χ1n) is 5.13. The van der Waals surface area contributed by atoms with Crippen molar-refractivity contribution < 1.29 is 19.2 Å². The Bertz CT molecular complexity index is 703. The lowest BCUT2D eigenvalue weighted by Gasteiger charge is -2.04. The van der Waals surface area contributed by atoms with Gasteiger partial charge in [-0.05, 0) is 17.8 Å². The van der Waals surface area contributed by atoms with Crippen LogP contribution in [0.5, 0.6) is 0 Å². The van der Waals surface area contributed by atoms with Crippen LogP contribution in [0.15, 0.2) is 28.5 Å². The Kier molecular flexibility index (Phi) is 3.66. The number of aryl methyl sites for hydroxylation is 1. The summed E-state index contributed by atoms with van der Waals surface area (Å²) in [5.74, 6) is -2.66. The van der Waals surface area contributed by atoms with Gasteiger partial charge in [0, 0.05) is 7.05 Å². The fourth-order valence-electron chi connectivity index (χ4n) is 1.39. The third-order valence-electron chi connectivity index (χ3n) is 2.35. The summed E-state index contributed by atoms with van der Waals surface area (Å²) < 4.78 is 15.0. The van der Waals surface area contributed by atoms with Crippen LogP contribution < -0.4 is 0 Å². The van der Waals surface area contributed by atoms with Gasteiger partial charge in [-0.25, -0.2) is 9.18 Å². The molecule has 0 amide bonds. The highest BCUT2D eigenvalue weighted by molar-refractivity contribution is 7.99. The maximum atomic E-state index is 13.5. The monoisotopic (exact) mass is 298 g/mol. The molecule has 2 aromatic rings. The number of nitrogens with zero attached hydrogens (tertiary/aromatic N) is 4. The molecule has 1 heterocycles. The Morgan fingerprint density at radius 3 is 2.75 bits per heavy atom. The lowest BCUT2D eigenvalue weighted by molar-refractivity contribution is -0.387. The Labute approximate surface area is 115 Å². The minimum Gasteiger partial charge on any atom is -0.478 e. The maximum absolute atomic E-state index is 13.5. The van der Waals surface area contributed by atoms with Crippen LogP contribution in [0, 0.1) is 15.9 Å². The number of aromatic nitrogens is 3. The van der Waals surface area contributed by atoms with Crippen LogP contribution in [0.4, 0.5) is 10.1 Å². The van der Waals surface area contributed by atoms with Crippen molar-refractivity contribution in [2.24, 2.45) is 7.05 Å². The standard InChI is InChI=1S/C10H7FN4O4S/c1-14-4-12-13-10(14)20-8-2-5(9(16)17)6(11)3-7(8)15(18)19/h2-4H,1H3,(H,16,17). The first kappa shape index (κ1) is 13.9. The average Bonchev–Trinajstić information content (AvgIpc) is 2.76. The van der Waals surface area contributed by atoms with Gasteiger partial charge in [-0.1, -0.05) is 0 Å². The van der Waals surface area contributed by atoms with Crippen molar-refractivity contribution in [3.8, 4) is 0 Å². The van der Waals surface area contributed by atoms with Crippen molar-refractivity contribution in [2.75, 3.05) is 0 Å². The second kappa shape index (κ2) is 5.25. The molecule has 0 aliphatic rings. The van der Waals surface area contributed by atoms with E-state index in [9.17, 15) is 19.3 Å². The average molecular weight is 298 g/mol. The van der Waals surface area contributed by atoms with Crippen LogP contribution in [0.3, 0.4) is 0 Å². The Morgan fingerprint density at radius 1 is 1.55 bits per heavy atom. The quantitative estimate of drug-likeness (QED) is 0.675. The first-order valence-corrected chi connectivity index (χ1v) is 5.95. The predicted molar refractivity (Wildman–Crippen MR) is 65.1 cm³/mol. The second-order valence-electron chi connectivity index (χ2n) is 3.69. The van der Waals surface area contributed by atoms with E-state index in [1.165, 1.54) is 10.9 Å². The van der Waals surface area contributed by atoms with Crippen LogP contribution >= 0.6 is 11.8 Å². The number of hydrogen-bond donors (Lipinski definition) is 1. The molecule has 1 aromatic carbocycles. The minimum atomic E-state index is -1.50. The van der Waals surface area contributed by atoms with Crippen LogP contribution in [-0.2, 0) is 7.05 Å². The van der Waals surface area contributed by atoms with Gasteiger partial charge in [0.15, 0.2) is 5.16 Å². The van der Waals surface area contributed by atoms with Gasteiger partial charge in [-0.3, -0.25) is 10.1 Å². The molecule has 1 aromatic heterocycles. The summed E-state index contributed by atoms with van der Waals surface area (Å²) in [6, 6.07) is 1.50. The van der Waals surface area contributed by atoms with Gasteiger partial charge in [0.2, 0.25) is 0 Å². The molecule has 2 rings (SSSR count). The largest absolute Gasteiger partial charge is 0.478 e.